The lowest BCUT2D eigenvalue weighted by molar-refractivity contribution is 0.132. The van der Waals surface area contributed by atoms with Crippen molar-refractivity contribution < 1.29 is 5.11 Å². The topological polar surface area (TPSA) is 20.2 Å². The van der Waals surface area contributed by atoms with Crippen LogP contribution in [0, 0.1) is 5.92 Å². The highest BCUT2D eigenvalue weighted by Gasteiger charge is 2.35. The zero-order valence-electron chi connectivity index (χ0n) is 11.1. The molecule has 2 heteroatoms. The fraction of sp³-hybridized carbons (Fsp3) is 0.571. The molecule has 0 aliphatic heterocycles. The number of hydrogen-bond acceptors (Lipinski definition) is 1. The van der Waals surface area contributed by atoms with E-state index >= 15 is 0 Å². The molecule has 16 heavy (non-hydrogen) atoms. The predicted molar refractivity (Wildman–Crippen MR) is 73.8 cm³/mol. The number of aliphatic hydroxyl groups is 1. The zero-order chi connectivity index (χ0) is 12.3. The highest BCUT2D eigenvalue weighted by molar-refractivity contribution is 6.91. The summed E-state index contributed by atoms with van der Waals surface area (Å²) < 4.78 is 0. The highest BCUT2D eigenvalue weighted by atomic mass is 28.3. The second-order valence-corrected chi connectivity index (χ2v) is 10.4. The van der Waals surface area contributed by atoms with E-state index in [9.17, 15) is 5.11 Å². The van der Waals surface area contributed by atoms with Gasteiger partial charge in [0.2, 0.25) is 0 Å². The van der Waals surface area contributed by atoms with Gasteiger partial charge in [-0.1, -0.05) is 62.5 Å². The molecule has 0 radical (unpaired) electrons. The molecule has 0 amide bonds. The van der Waals surface area contributed by atoms with Crippen LogP contribution in [-0.4, -0.2) is 19.3 Å². The quantitative estimate of drug-likeness (QED) is 0.797. The van der Waals surface area contributed by atoms with Crippen molar-refractivity contribution in [2.75, 3.05) is 0 Å². The molecule has 0 spiro atoms. The summed E-state index contributed by atoms with van der Waals surface area (Å²) in [7, 11) is -1.47. The fourth-order valence-corrected chi connectivity index (χ4v) is 5.38. The van der Waals surface area contributed by atoms with Crippen molar-refractivity contribution >= 4 is 13.3 Å². The molecular weight excluding hydrogens is 212 g/mol. The first kappa shape index (κ1) is 13.5. The second kappa shape index (κ2) is 5.15. The van der Waals surface area contributed by atoms with E-state index in [1.165, 1.54) is 5.19 Å². The molecule has 1 nitrogen and oxygen atoms in total. The predicted octanol–water partition coefficient (Wildman–Crippen LogP) is 3.01. The van der Waals surface area contributed by atoms with Gasteiger partial charge < -0.3 is 5.11 Å². The zero-order valence-corrected chi connectivity index (χ0v) is 12.1. The molecule has 0 heterocycles. The van der Waals surface area contributed by atoms with Gasteiger partial charge in [0.1, 0.15) is 0 Å². The van der Waals surface area contributed by atoms with Gasteiger partial charge in [0.25, 0.3) is 0 Å². The smallest absolute Gasteiger partial charge is 0.0837 e. The van der Waals surface area contributed by atoms with Gasteiger partial charge in [-0.3, -0.25) is 0 Å². The lowest BCUT2D eigenvalue weighted by Gasteiger charge is -2.36. The summed E-state index contributed by atoms with van der Waals surface area (Å²) in [5.74, 6) is 0.363. The summed E-state index contributed by atoms with van der Waals surface area (Å²) in [6.45, 7) is 11.1. The maximum atomic E-state index is 9.72. The standard InChI is InChI=1S/C14H24OSi/c1-11(12(2)15)13(3)16(4,5)14-9-7-6-8-10-14/h6-13,15H,1-5H3/t11-,12-,13+/m1/s1. The van der Waals surface area contributed by atoms with Crippen molar-refractivity contribution in [3.63, 3.8) is 0 Å². The summed E-state index contributed by atoms with van der Waals surface area (Å²) >= 11 is 0. The van der Waals surface area contributed by atoms with Crippen LogP contribution in [0.25, 0.3) is 0 Å². The van der Waals surface area contributed by atoms with Gasteiger partial charge in [0, 0.05) is 0 Å². The molecule has 0 aliphatic carbocycles. The van der Waals surface area contributed by atoms with Gasteiger partial charge in [0.05, 0.1) is 14.2 Å². The minimum absolute atomic E-state index is 0.217. The SMILES string of the molecule is C[C@H]([C@@H](C)O)[C@H](C)[Si](C)(C)c1ccccc1. The third-order valence-corrected chi connectivity index (χ3v) is 8.83. The van der Waals surface area contributed by atoms with E-state index in [0.717, 1.165) is 0 Å². The Balaban J connectivity index is 2.93. The van der Waals surface area contributed by atoms with Crippen molar-refractivity contribution in [1.29, 1.82) is 0 Å². The number of hydrogen-bond donors (Lipinski definition) is 1. The largest absolute Gasteiger partial charge is 0.393 e. The number of rotatable bonds is 4. The Morgan fingerprint density at radius 3 is 1.94 bits per heavy atom. The molecule has 0 bridgehead atoms. The van der Waals surface area contributed by atoms with E-state index in [1.807, 2.05) is 6.92 Å². The molecule has 0 unspecified atom stereocenters. The van der Waals surface area contributed by atoms with Gasteiger partial charge in [-0.05, 0) is 18.4 Å². The molecule has 3 atom stereocenters. The minimum Gasteiger partial charge on any atom is -0.393 e. The maximum absolute atomic E-state index is 9.72. The van der Waals surface area contributed by atoms with E-state index in [-0.39, 0.29) is 6.10 Å². The second-order valence-electron chi connectivity index (χ2n) is 5.48. The molecule has 0 aromatic heterocycles. The Bertz CT molecular complexity index is 319. The molecule has 0 fully saturated rings. The molecular formula is C14H24OSi. The molecule has 0 saturated carbocycles. The number of aliphatic hydroxyl groups excluding tert-OH is 1. The van der Waals surface area contributed by atoms with Gasteiger partial charge in [-0.15, -0.1) is 0 Å². The third kappa shape index (κ3) is 2.74. The van der Waals surface area contributed by atoms with Crippen LogP contribution in [-0.2, 0) is 0 Å². The van der Waals surface area contributed by atoms with Crippen molar-refractivity contribution in [2.24, 2.45) is 5.92 Å². The van der Waals surface area contributed by atoms with Crippen LogP contribution in [0.3, 0.4) is 0 Å². The summed E-state index contributed by atoms with van der Waals surface area (Å²) in [5.41, 5.74) is 0.579. The lowest BCUT2D eigenvalue weighted by atomic mass is 10.0. The van der Waals surface area contributed by atoms with Crippen molar-refractivity contribution in [3.8, 4) is 0 Å². The molecule has 1 aromatic rings. The first-order valence-corrected chi connectivity index (χ1v) is 9.18. The van der Waals surface area contributed by atoms with E-state index in [2.05, 4.69) is 57.3 Å². The summed E-state index contributed by atoms with van der Waals surface area (Å²) in [6, 6.07) is 10.8. The summed E-state index contributed by atoms with van der Waals surface area (Å²) in [5, 5.41) is 11.2. The first-order valence-electron chi connectivity index (χ1n) is 6.11. The molecule has 1 rings (SSSR count). The van der Waals surface area contributed by atoms with Crippen LogP contribution < -0.4 is 5.19 Å². The van der Waals surface area contributed by atoms with Crippen molar-refractivity contribution in [1.82, 2.24) is 0 Å². The lowest BCUT2D eigenvalue weighted by Crippen LogP contribution is -2.48. The monoisotopic (exact) mass is 236 g/mol. The highest BCUT2D eigenvalue weighted by Crippen LogP contribution is 2.31. The molecule has 1 N–H and O–H groups in total. The summed E-state index contributed by atoms with van der Waals surface area (Å²) in [4.78, 5) is 0. The Kier molecular flexibility index (Phi) is 4.33. The van der Waals surface area contributed by atoms with E-state index in [0.29, 0.717) is 11.5 Å². The van der Waals surface area contributed by atoms with Gasteiger partial charge in [-0.2, -0.15) is 0 Å². The number of benzene rings is 1. The Morgan fingerprint density at radius 2 is 1.50 bits per heavy atom. The van der Waals surface area contributed by atoms with Crippen LogP contribution >= 0.6 is 0 Å². The van der Waals surface area contributed by atoms with Crippen molar-refractivity contribution in [2.45, 2.75) is 45.5 Å². The Labute approximate surface area is 101 Å². The van der Waals surface area contributed by atoms with Gasteiger partial charge in [0.15, 0.2) is 0 Å². The summed E-state index contributed by atoms with van der Waals surface area (Å²) in [6.07, 6.45) is -0.217. The molecule has 1 aromatic carbocycles. The van der Waals surface area contributed by atoms with Crippen LogP contribution in [0.2, 0.25) is 18.6 Å². The van der Waals surface area contributed by atoms with Crippen LogP contribution in [0.1, 0.15) is 20.8 Å². The Hall–Kier alpha value is -0.603. The average molecular weight is 236 g/mol. The normalized spacial score (nSPS) is 17.9. The van der Waals surface area contributed by atoms with E-state index < -0.39 is 8.07 Å². The van der Waals surface area contributed by atoms with Gasteiger partial charge in [-0.25, -0.2) is 0 Å². The minimum atomic E-state index is -1.47. The van der Waals surface area contributed by atoms with E-state index in [4.69, 9.17) is 0 Å². The van der Waals surface area contributed by atoms with Crippen LogP contribution in [0.15, 0.2) is 30.3 Å². The average Bonchev–Trinajstić information content (AvgIpc) is 2.28. The molecule has 0 saturated heterocycles. The van der Waals surface area contributed by atoms with Crippen LogP contribution in [0.4, 0.5) is 0 Å². The Morgan fingerprint density at radius 1 is 1.00 bits per heavy atom. The maximum Gasteiger partial charge on any atom is 0.0837 e. The third-order valence-electron chi connectivity index (χ3n) is 4.21. The first-order chi connectivity index (χ1) is 7.37. The fourth-order valence-electron chi connectivity index (χ4n) is 2.21. The van der Waals surface area contributed by atoms with Crippen LogP contribution in [0.5, 0.6) is 0 Å². The van der Waals surface area contributed by atoms with Crippen molar-refractivity contribution in [3.05, 3.63) is 30.3 Å². The van der Waals surface area contributed by atoms with E-state index in [1.54, 1.807) is 0 Å². The van der Waals surface area contributed by atoms with Gasteiger partial charge >= 0.3 is 0 Å². The molecule has 90 valence electrons. The molecule has 0 aliphatic rings.